The van der Waals surface area contributed by atoms with E-state index in [4.69, 9.17) is 5.26 Å². The monoisotopic (exact) mass is 315 g/mol. The molecule has 2 aromatic rings. The highest BCUT2D eigenvalue weighted by Gasteiger charge is 2.23. The van der Waals surface area contributed by atoms with Crippen LogP contribution in [0.2, 0.25) is 0 Å². The van der Waals surface area contributed by atoms with Gasteiger partial charge in [-0.2, -0.15) is 5.26 Å². The summed E-state index contributed by atoms with van der Waals surface area (Å²) in [7, 11) is 0. The van der Waals surface area contributed by atoms with Crippen molar-refractivity contribution < 1.29 is 9.18 Å². The lowest BCUT2D eigenvalue weighted by atomic mass is 10.2. The van der Waals surface area contributed by atoms with Crippen LogP contribution in [0.4, 0.5) is 10.2 Å². The number of fused-ring (bicyclic) bond motifs is 1. The molecule has 0 saturated carbocycles. The third-order valence-corrected chi connectivity index (χ3v) is 3.94. The van der Waals surface area contributed by atoms with Crippen molar-refractivity contribution in [2.45, 2.75) is 6.92 Å². The first-order chi connectivity index (χ1) is 11.0. The number of anilines is 1. The second-order valence-electron chi connectivity index (χ2n) is 5.33. The van der Waals surface area contributed by atoms with Crippen LogP contribution in [0, 0.1) is 17.1 Å². The number of nitrogens with zero attached hydrogens (tertiary/aromatic N) is 4. The highest BCUT2D eigenvalue weighted by atomic mass is 19.1. The minimum atomic E-state index is -0.616. The summed E-state index contributed by atoms with van der Waals surface area (Å²) in [6.07, 6.45) is 1.27. The normalized spacial score (nSPS) is 14.8. The average molecular weight is 315 g/mol. The molecule has 1 N–H and O–H groups in total. The van der Waals surface area contributed by atoms with Crippen molar-refractivity contribution in [3.05, 3.63) is 33.9 Å². The zero-order valence-corrected chi connectivity index (χ0v) is 12.5. The van der Waals surface area contributed by atoms with Crippen LogP contribution in [0.1, 0.15) is 12.5 Å². The Bertz CT molecular complexity index is 878. The number of amides is 1. The van der Waals surface area contributed by atoms with Gasteiger partial charge in [0.1, 0.15) is 17.3 Å². The second kappa shape index (κ2) is 5.68. The number of nitriles is 1. The Morgan fingerprint density at radius 2 is 2.09 bits per heavy atom. The number of carbonyl (C=O) groups is 1. The Kier molecular flexibility index (Phi) is 3.70. The summed E-state index contributed by atoms with van der Waals surface area (Å²) in [4.78, 5) is 33.7. The Labute approximate surface area is 131 Å². The smallest absolute Gasteiger partial charge is 0.219 e. The molecule has 1 aliphatic rings. The number of halogens is 1. The molecule has 0 aromatic carbocycles. The number of nitrogens with one attached hydrogen (secondary N) is 1. The first kappa shape index (κ1) is 15.0. The molecular weight excluding hydrogens is 301 g/mol. The molecule has 1 fully saturated rings. The lowest BCUT2D eigenvalue weighted by molar-refractivity contribution is -0.129. The van der Waals surface area contributed by atoms with Crippen molar-refractivity contribution in [1.29, 1.82) is 5.26 Å². The Balaban J connectivity index is 1.97. The predicted octanol–water partition coefficient (Wildman–Crippen LogP) is 0.602. The van der Waals surface area contributed by atoms with E-state index in [9.17, 15) is 14.0 Å². The molecule has 0 atom stereocenters. The van der Waals surface area contributed by atoms with Crippen LogP contribution in [0.15, 0.2) is 17.1 Å². The average Bonchev–Trinajstić information content (AvgIpc) is 2.55. The third-order valence-electron chi connectivity index (χ3n) is 3.94. The fraction of sp³-hybridized carbons (Fsp3) is 0.333. The van der Waals surface area contributed by atoms with E-state index in [2.05, 4.69) is 9.97 Å². The highest BCUT2D eigenvalue weighted by molar-refractivity contribution is 5.78. The van der Waals surface area contributed by atoms with Crippen LogP contribution in [-0.4, -0.2) is 47.0 Å². The van der Waals surface area contributed by atoms with Gasteiger partial charge < -0.3 is 14.8 Å². The van der Waals surface area contributed by atoms with E-state index < -0.39 is 11.2 Å². The number of carbonyl (C=O) groups excluding carboxylic acids is 1. The van der Waals surface area contributed by atoms with E-state index in [-0.39, 0.29) is 28.3 Å². The fourth-order valence-electron chi connectivity index (χ4n) is 2.65. The van der Waals surface area contributed by atoms with E-state index in [0.717, 1.165) is 6.07 Å². The molecule has 118 valence electrons. The summed E-state index contributed by atoms with van der Waals surface area (Å²) in [5, 5.41) is 8.90. The summed E-state index contributed by atoms with van der Waals surface area (Å²) >= 11 is 0. The van der Waals surface area contributed by atoms with Crippen molar-refractivity contribution >= 4 is 22.8 Å². The summed E-state index contributed by atoms with van der Waals surface area (Å²) in [5.74, 6) is -0.486. The van der Waals surface area contributed by atoms with Gasteiger partial charge in [0.05, 0.1) is 5.39 Å². The number of rotatable bonds is 1. The van der Waals surface area contributed by atoms with Gasteiger partial charge in [-0.3, -0.25) is 9.59 Å². The topological polar surface area (TPSA) is 93.1 Å². The highest BCUT2D eigenvalue weighted by Crippen LogP contribution is 2.21. The molecule has 0 aliphatic carbocycles. The van der Waals surface area contributed by atoms with Crippen LogP contribution in [0.5, 0.6) is 0 Å². The molecule has 1 aliphatic heterocycles. The van der Waals surface area contributed by atoms with Gasteiger partial charge in [0.2, 0.25) is 11.3 Å². The molecule has 0 bridgehead atoms. The molecule has 23 heavy (non-hydrogen) atoms. The summed E-state index contributed by atoms with van der Waals surface area (Å²) < 4.78 is 14.4. The van der Waals surface area contributed by atoms with E-state index in [1.54, 1.807) is 15.9 Å². The lowest BCUT2D eigenvalue weighted by Crippen LogP contribution is -2.48. The largest absolute Gasteiger partial charge is 0.351 e. The van der Waals surface area contributed by atoms with Gasteiger partial charge in [0, 0.05) is 39.3 Å². The van der Waals surface area contributed by atoms with E-state index >= 15 is 0 Å². The van der Waals surface area contributed by atoms with Crippen LogP contribution in [0.3, 0.4) is 0 Å². The molecule has 7 nitrogen and oxygen atoms in total. The Morgan fingerprint density at radius 1 is 1.39 bits per heavy atom. The molecular formula is C15H14FN5O2. The van der Waals surface area contributed by atoms with Gasteiger partial charge in [-0.25, -0.2) is 9.37 Å². The minimum Gasteiger partial charge on any atom is -0.351 e. The molecule has 2 aromatic heterocycles. The van der Waals surface area contributed by atoms with Crippen molar-refractivity contribution in [2.75, 3.05) is 31.1 Å². The van der Waals surface area contributed by atoms with Crippen LogP contribution >= 0.6 is 0 Å². The molecule has 3 heterocycles. The molecule has 8 heteroatoms. The predicted molar refractivity (Wildman–Crippen MR) is 81.5 cm³/mol. The van der Waals surface area contributed by atoms with Gasteiger partial charge in [-0.1, -0.05) is 0 Å². The number of hydrogen-bond acceptors (Lipinski definition) is 5. The van der Waals surface area contributed by atoms with Crippen molar-refractivity contribution in [2.24, 2.45) is 0 Å². The first-order valence-electron chi connectivity index (χ1n) is 7.13. The number of H-pyrrole nitrogens is 1. The maximum Gasteiger partial charge on any atom is 0.219 e. The van der Waals surface area contributed by atoms with Crippen molar-refractivity contribution in [3.63, 3.8) is 0 Å². The van der Waals surface area contributed by atoms with Gasteiger partial charge in [0.15, 0.2) is 11.6 Å². The third kappa shape index (κ3) is 2.61. The quantitative estimate of drug-likeness (QED) is 0.832. The lowest BCUT2D eigenvalue weighted by Gasteiger charge is -2.35. The van der Waals surface area contributed by atoms with Gasteiger partial charge >= 0.3 is 0 Å². The number of piperazine rings is 1. The van der Waals surface area contributed by atoms with Gasteiger partial charge in [-0.05, 0) is 6.07 Å². The Hall–Kier alpha value is -2.95. The van der Waals surface area contributed by atoms with Crippen LogP contribution in [0.25, 0.3) is 11.0 Å². The molecule has 0 radical (unpaired) electrons. The first-order valence-corrected chi connectivity index (χ1v) is 7.13. The van der Waals surface area contributed by atoms with Gasteiger partial charge in [-0.15, -0.1) is 0 Å². The molecule has 0 spiro atoms. The number of hydrogen-bond donors (Lipinski definition) is 1. The van der Waals surface area contributed by atoms with Crippen molar-refractivity contribution in [1.82, 2.24) is 14.9 Å². The standard InChI is InChI=1S/C15H14FN5O2/c1-9(22)20-2-4-21(5-3-20)15-12(16)6-11-13(23)10(7-17)8-18-14(11)19-15/h6,8H,2-5H2,1H3,(H,18,19,23). The van der Waals surface area contributed by atoms with E-state index in [1.807, 2.05) is 0 Å². The maximum absolute atomic E-state index is 14.4. The summed E-state index contributed by atoms with van der Waals surface area (Å²) in [6, 6.07) is 2.86. The summed E-state index contributed by atoms with van der Waals surface area (Å²) in [5.41, 5.74) is -0.387. The zero-order chi connectivity index (χ0) is 16.6. The minimum absolute atomic E-state index is 0.00930. The summed E-state index contributed by atoms with van der Waals surface area (Å²) in [6.45, 7) is 3.43. The SMILES string of the molecule is CC(=O)N1CCN(c2nc3[nH]cc(C#N)c(=O)c3cc2F)CC1. The molecule has 1 amide bonds. The van der Waals surface area contributed by atoms with E-state index in [0.29, 0.717) is 26.2 Å². The fourth-order valence-corrected chi connectivity index (χ4v) is 2.65. The van der Waals surface area contributed by atoms with Gasteiger partial charge in [0.25, 0.3) is 0 Å². The van der Waals surface area contributed by atoms with Crippen molar-refractivity contribution in [3.8, 4) is 6.07 Å². The number of aromatic amines is 1. The molecule has 1 saturated heterocycles. The zero-order valence-electron chi connectivity index (χ0n) is 12.5. The number of pyridine rings is 2. The second-order valence-corrected chi connectivity index (χ2v) is 5.33. The van der Waals surface area contributed by atoms with E-state index in [1.165, 1.54) is 13.1 Å². The molecule has 3 rings (SSSR count). The Morgan fingerprint density at radius 3 is 2.70 bits per heavy atom. The molecule has 0 unspecified atom stereocenters. The van der Waals surface area contributed by atoms with Crippen LogP contribution < -0.4 is 10.3 Å². The van der Waals surface area contributed by atoms with Crippen LogP contribution in [-0.2, 0) is 4.79 Å². The maximum atomic E-state index is 14.4. The number of aromatic nitrogens is 2.